The van der Waals surface area contributed by atoms with Crippen molar-refractivity contribution in [3.63, 3.8) is 0 Å². The molecule has 0 aromatic carbocycles. The normalized spacial score (nSPS) is 48.0. The van der Waals surface area contributed by atoms with Crippen LogP contribution in [-0.4, -0.2) is 45.5 Å². The summed E-state index contributed by atoms with van der Waals surface area (Å²) >= 11 is 5.07. The molecule has 176 valence electrons. The molecule has 3 fully saturated rings. The Labute approximate surface area is 220 Å². The number of ketones is 1. The van der Waals surface area contributed by atoms with Gasteiger partial charge in [-0.3, -0.25) is 9.59 Å². The second kappa shape index (κ2) is 8.47. The van der Waals surface area contributed by atoms with E-state index in [1.54, 1.807) is 20.8 Å². The standard InChI is InChI=1S/C24H30F2O5S.Na/c1-5-19(29)31-24(20(30)32)12(2)8-14-15-10-17(25)16-9-13(27)6-7-21(16,3)23(15,26)18(28)11-22(14,24)4;/h6-7,9,12,14-15,17-18,28H,5,8,10-11H2,1-4H3,(H,30,32);/q;+1/p-1/t12-,14+,15+,17+,18+,21+,22+,23+,24+;/m1./s1. The number of carbonyl (C=O) groups excluding carboxylic acids is 3. The first-order valence-electron chi connectivity index (χ1n) is 11.2. The molecule has 33 heavy (non-hydrogen) atoms. The maximum atomic E-state index is 17.1. The number of carbonyl (C=O) groups is 3. The average Bonchev–Trinajstić information content (AvgIpc) is 2.93. The van der Waals surface area contributed by atoms with Gasteiger partial charge in [-0.2, -0.15) is 0 Å². The maximum Gasteiger partial charge on any atom is 1.00 e. The topological polar surface area (TPSA) is 80.7 Å². The van der Waals surface area contributed by atoms with Crippen molar-refractivity contribution >= 4 is 29.5 Å². The van der Waals surface area contributed by atoms with Crippen molar-refractivity contribution in [2.45, 2.75) is 76.9 Å². The van der Waals surface area contributed by atoms with E-state index in [4.69, 9.17) is 17.4 Å². The number of hydrogen-bond acceptors (Lipinski definition) is 6. The SMILES string of the molecule is CCC(=O)O[C@]1(C(=O)[S-])[C@H](C)C[C@H]2[C@@H]3C[C@H](F)C4=CC(=O)C=C[C@]4(C)[C@@]3(F)[C@@H](O)C[C@@]21C.[Na+]. The monoisotopic (exact) mass is 490 g/mol. The molecule has 0 bridgehead atoms. The Morgan fingerprint density at radius 1 is 1.27 bits per heavy atom. The number of aliphatic hydroxyl groups excluding tert-OH is 1. The van der Waals surface area contributed by atoms with E-state index in [1.807, 2.05) is 0 Å². The molecule has 1 N–H and O–H groups in total. The van der Waals surface area contributed by atoms with E-state index >= 15 is 8.78 Å². The Kier molecular flexibility index (Phi) is 6.91. The summed E-state index contributed by atoms with van der Waals surface area (Å²) in [5, 5.41) is 10.5. The number of ether oxygens (including phenoxy) is 1. The van der Waals surface area contributed by atoms with Gasteiger partial charge in [0, 0.05) is 29.1 Å². The Balaban J connectivity index is 0.00000306. The van der Waals surface area contributed by atoms with E-state index < -0.39 is 69.0 Å². The summed E-state index contributed by atoms with van der Waals surface area (Å²) in [5.74, 6) is -3.02. The van der Waals surface area contributed by atoms with Crippen LogP contribution in [-0.2, 0) is 31.7 Å². The summed E-state index contributed by atoms with van der Waals surface area (Å²) in [6, 6.07) is 0. The summed E-state index contributed by atoms with van der Waals surface area (Å²) in [4.78, 5) is 37.1. The first kappa shape index (κ1) is 26.9. The summed E-state index contributed by atoms with van der Waals surface area (Å²) in [7, 11) is 0. The molecule has 0 aromatic heterocycles. The van der Waals surface area contributed by atoms with Crippen LogP contribution in [0.1, 0.15) is 53.4 Å². The minimum Gasteiger partial charge on any atom is -0.738 e. The van der Waals surface area contributed by atoms with E-state index in [1.165, 1.54) is 19.1 Å². The Hall–Kier alpha value is -0.670. The average molecular weight is 491 g/mol. The van der Waals surface area contributed by atoms with Crippen molar-refractivity contribution in [2.75, 3.05) is 0 Å². The van der Waals surface area contributed by atoms with Gasteiger partial charge in [-0.25, -0.2) is 8.78 Å². The molecular weight excluding hydrogens is 461 g/mol. The number of alkyl halides is 2. The molecule has 4 rings (SSSR count). The van der Waals surface area contributed by atoms with Crippen LogP contribution in [0.15, 0.2) is 23.8 Å². The molecule has 9 heteroatoms. The predicted octanol–water partition coefficient (Wildman–Crippen LogP) is 0.321. The van der Waals surface area contributed by atoms with E-state index in [0.29, 0.717) is 6.42 Å². The molecule has 4 aliphatic rings. The predicted molar refractivity (Wildman–Crippen MR) is 115 cm³/mol. The number of halogens is 2. The van der Waals surface area contributed by atoms with Crippen molar-refractivity contribution in [2.24, 2.45) is 28.6 Å². The number of rotatable bonds is 3. The smallest absolute Gasteiger partial charge is 0.738 e. The summed E-state index contributed by atoms with van der Waals surface area (Å²) in [5.41, 5.74) is -6.56. The zero-order valence-electron chi connectivity index (χ0n) is 19.7. The largest absolute Gasteiger partial charge is 1.00 e. The van der Waals surface area contributed by atoms with Crippen LogP contribution in [0, 0.1) is 28.6 Å². The Morgan fingerprint density at radius 3 is 2.48 bits per heavy atom. The van der Waals surface area contributed by atoms with Crippen LogP contribution in [0.25, 0.3) is 0 Å². The van der Waals surface area contributed by atoms with Crippen molar-refractivity contribution in [3.05, 3.63) is 23.8 Å². The third-order valence-corrected chi connectivity index (χ3v) is 9.34. The summed E-state index contributed by atoms with van der Waals surface area (Å²) < 4.78 is 38.3. The zero-order valence-corrected chi connectivity index (χ0v) is 22.5. The van der Waals surface area contributed by atoms with Crippen LogP contribution >= 0.6 is 0 Å². The number of aliphatic hydroxyl groups is 1. The van der Waals surface area contributed by atoms with Crippen LogP contribution in [0.3, 0.4) is 0 Å². The quantitative estimate of drug-likeness (QED) is 0.349. The van der Waals surface area contributed by atoms with Gasteiger partial charge in [-0.15, -0.1) is 0 Å². The van der Waals surface area contributed by atoms with Crippen molar-refractivity contribution < 1.29 is 62.6 Å². The molecule has 0 saturated heterocycles. The molecule has 4 aliphatic carbocycles. The van der Waals surface area contributed by atoms with Gasteiger partial charge < -0.3 is 27.3 Å². The third-order valence-electron chi connectivity index (χ3n) is 9.04. The minimum absolute atomic E-state index is 0. The maximum absolute atomic E-state index is 17.1. The first-order chi connectivity index (χ1) is 14.8. The van der Waals surface area contributed by atoms with Gasteiger partial charge in [0.25, 0.3) is 0 Å². The number of fused-ring (bicyclic) bond motifs is 5. The first-order valence-corrected chi connectivity index (χ1v) is 11.6. The van der Waals surface area contributed by atoms with Crippen LogP contribution in [0.4, 0.5) is 8.78 Å². The zero-order chi connectivity index (χ0) is 23.9. The molecule has 0 spiro atoms. The molecule has 5 nitrogen and oxygen atoms in total. The fourth-order valence-corrected chi connectivity index (χ4v) is 7.95. The van der Waals surface area contributed by atoms with E-state index in [0.717, 1.165) is 6.08 Å². The van der Waals surface area contributed by atoms with Gasteiger partial charge >= 0.3 is 35.5 Å². The molecule has 0 radical (unpaired) electrons. The fourth-order valence-electron chi connectivity index (χ4n) is 7.47. The van der Waals surface area contributed by atoms with E-state index in [2.05, 4.69) is 0 Å². The number of hydrogen-bond donors (Lipinski definition) is 1. The molecule has 0 amide bonds. The van der Waals surface area contributed by atoms with E-state index in [-0.39, 0.29) is 54.4 Å². The summed E-state index contributed by atoms with van der Waals surface area (Å²) in [6.45, 7) is 6.57. The molecule has 0 aliphatic heterocycles. The minimum atomic E-state index is -2.25. The Morgan fingerprint density at radius 2 is 1.91 bits per heavy atom. The van der Waals surface area contributed by atoms with Crippen molar-refractivity contribution in [1.29, 1.82) is 0 Å². The summed E-state index contributed by atoms with van der Waals surface area (Å²) in [6.07, 6.45) is 0.529. The second-order valence-corrected chi connectivity index (χ2v) is 10.7. The third kappa shape index (κ3) is 3.23. The van der Waals surface area contributed by atoms with Gasteiger partial charge in [-0.1, -0.05) is 26.8 Å². The van der Waals surface area contributed by atoms with Crippen LogP contribution < -0.4 is 29.6 Å². The van der Waals surface area contributed by atoms with E-state index in [9.17, 15) is 19.5 Å². The fraction of sp³-hybridized carbons (Fsp3) is 0.708. The number of allylic oxidation sites excluding steroid dienone is 4. The van der Waals surface area contributed by atoms with Crippen molar-refractivity contribution in [1.82, 2.24) is 0 Å². The molecule has 3 saturated carbocycles. The van der Waals surface area contributed by atoms with Gasteiger partial charge in [0.05, 0.1) is 11.2 Å². The van der Waals surface area contributed by atoms with Gasteiger partial charge in [0.1, 0.15) is 6.17 Å². The second-order valence-electron chi connectivity index (χ2n) is 10.3. The van der Waals surface area contributed by atoms with Crippen LogP contribution in [0.5, 0.6) is 0 Å². The molecule has 0 aromatic rings. The molecular formula is C24H29F2NaO5S. The Bertz CT molecular complexity index is 955. The van der Waals surface area contributed by atoms with Gasteiger partial charge in [-0.05, 0) is 49.8 Å². The van der Waals surface area contributed by atoms with Crippen LogP contribution in [0.2, 0.25) is 0 Å². The molecule has 0 heterocycles. The van der Waals surface area contributed by atoms with Crippen molar-refractivity contribution in [3.8, 4) is 0 Å². The van der Waals surface area contributed by atoms with Gasteiger partial charge in [0.15, 0.2) is 17.1 Å². The van der Waals surface area contributed by atoms with Gasteiger partial charge in [0.2, 0.25) is 0 Å². The molecule has 0 unspecified atom stereocenters. The molecule has 9 atom stereocenters. The number of esters is 1.